The topological polar surface area (TPSA) is 54.5 Å². The smallest absolute Gasteiger partial charge is 0.230 e. The first kappa shape index (κ1) is 20.7. The molecule has 3 rings (SSSR count). The SMILES string of the molecule is Cc1ccc(C)c(SCC(=O)NCc2ccc(N3CC(C)OC(C)C3)nc2)c1. The molecule has 1 N–H and O–H groups in total. The van der Waals surface area contributed by atoms with Gasteiger partial charge in [-0.3, -0.25) is 4.79 Å². The zero-order chi connectivity index (χ0) is 20.1. The largest absolute Gasteiger partial charge is 0.372 e. The van der Waals surface area contributed by atoms with Crippen LogP contribution < -0.4 is 10.2 Å². The zero-order valence-corrected chi connectivity index (χ0v) is 17.9. The van der Waals surface area contributed by atoms with Gasteiger partial charge in [-0.2, -0.15) is 0 Å². The lowest BCUT2D eigenvalue weighted by atomic mass is 10.2. The number of ether oxygens (including phenoxy) is 1. The van der Waals surface area contributed by atoms with Crippen LogP contribution in [0.3, 0.4) is 0 Å². The normalized spacial score (nSPS) is 19.5. The van der Waals surface area contributed by atoms with Crippen molar-refractivity contribution in [2.75, 3.05) is 23.7 Å². The van der Waals surface area contributed by atoms with Crippen molar-refractivity contribution in [1.29, 1.82) is 0 Å². The van der Waals surface area contributed by atoms with Crippen molar-refractivity contribution in [3.05, 3.63) is 53.2 Å². The summed E-state index contributed by atoms with van der Waals surface area (Å²) < 4.78 is 5.78. The number of hydrogen-bond acceptors (Lipinski definition) is 5. The van der Waals surface area contributed by atoms with Crippen LogP contribution in [0.25, 0.3) is 0 Å². The van der Waals surface area contributed by atoms with Gasteiger partial charge in [-0.15, -0.1) is 11.8 Å². The van der Waals surface area contributed by atoms with Crippen molar-refractivity contribution in [2.24, 2.45) is 0 Å². The highest BCUT2D eigenvalue weighted by atomic mass is 32.2. The van der Waals surface area contributed by atoms with Gasteiger partial charge in [-0.05, 0) is 51.0 Å². The Hall–Kier alpha value is -2.05. The molecule has 28 heavy (non-hydrogen) atoms. The van der Waals surface area contributed by atoms with Crippen LogP contribution in [0.15, 0.2) is 41.4 Å². The molecule has 2 unspecified atom stereocenters. The highest BCUT2D eigenvalue weighted by Crippen LogP contribution is 2.23. The summed E-state index contributed by atoms with van der Waals surface area (Å²) in [5, 5.41) is 2.98. The Morgan fingerprint density at radius 2 is 1.96 bits per heavy atom. The van der Waals surface area contributed by atoms with Gasteiger partial charge in [-0.25, -0.2) is 4.98 Å². The van der Waals surface area contributed by atoms with E-state index in [1.165, 1.54) is 11.1 Å². The first-order valence-corrected chi connectivity index (χ1v) is 10.7. The molecule has 6 heteroatoms. The highest BCUT2D eigenvalue weighted by Gasteiger charge is 2.22. The number of nitrogens with zero attached hydrogens (tertiary/aromatic N) is 2. The van der Waals surface area contributed by atoms with E-state index in [1.807, 2.05) is 18.3 Å². The predicted molar refractivity (Wildman–Crippen MR) is 115 cm³/mol. The molecule has 150 valence electrons. The summed E-state index contributed by atoms with van der Waals surface area (Å²) in [6.07, 6.45) is 2.26. The first-order valence-electron chi connectivity index (χ1n) is 9.73. The number of carbonyl (C=O) groups is 1. The molecular weight excluding hydrogens is 370 g/mol. The summed E-state index contributed by atoms with van der Waals surface area (Å²) >= 11 is 1.58. The van der Waals surface area contributed by atoms with E-state index in [1.54, 1.807) is 11.8 Å². The maximum atomic E-state index is 12.2. The average molecular weight is 400 g/mol. The number of anilines is 1. The molecule has 1 aliphatic heterocycles. The van der Waals surface area contributed by atoms with E-state index in [9.17, 15) is 4.79 Å². The molecule has 5 nitrogen and oxygen atoms in total. The number of thioether (sulfide) groups is 1. The third-order valence-corrected chi connectivity index (χ3v) is 5.90. The molecule has 1 aliphatic rings. The van der Waals surface area contributed by atoms with E-state index < -0.39 is 0 Å². The van der Waals surface area contributed by atoms with Crippen LogP contribution in [0, 0.1) is 13.8 Å². The summed E-state index contributed by atoms with van der Waals surface area (Å²) in [4.78, 5) is 20.2. The van der Waals surface area contributed by atoms with Crippen molar-refractivity contribution in [1.82, 2.24) is 10.3 Å². The second-order valence-corrected chi connectivity index (χ2v) is 8.54. The second-order valence-electron chi connectivity index (χ2n) is 7.52. The Morgan fingerprint density at radius 3 is 2.64 bits per heavy atom. The van der Waals surface area contributed by atoms with Crippen LogP contribution in [0.5, 0.6) is 0 Å². The zero-order valence-electron chi connectivity index (χ0n) is 17.1. The van der Waals surface area contributed by atoms with Crippen LogP contribution >= 0.6 is 11.8 Å². The van der Waals surface area contributed by atoms with Gasteiger partial charge in [0, 0.05) is 30.7 Å². The Kier molecular flexibility index (Phi) is 6.97. The van der Waals surface area contributed by atoms with Gasteiger partial charge in [0.25, 0.3) is 0 Å². The molecular formula is C22H29N3O2S. The molecule has 0 bridgehead atoms. The maximum Gasteiger partial charge on any atom is 0.230 e. The summed E-state index contributed by atoms with van der Waals surface area (Å²) in [6.45, 7) is 10.5. The molecule has 1 aromatic carbocycles. The molecule has 0 radical (unpaired) electrons. The first-order chi connectivity index (χ1) is 13.4. The third-order valence-electron chi connectivity index (χ3n) is 4.74. The second kappa shape index (κ2) is 9.43. The van der Waals surface area contributed by atoms with Crippen molar-refractivity contribution in [2.45, 2.75) is 51.3 Å². The Morgan fingerprint density at radius 1 is 1.21 bits per heavy atom. The third kappa shape index (κ3) is 5.72. The van der Waals surface area contributed by atoms with Crippen molar-refractivity contribution >= 4 is 23.5 Å². The minimum absolute atomic E-state index is 0.0332. The summed E-state index contributed by atoms with van der Waals surface area (Å²) in [5.41, 5.74) is 3.42. The molecule has 0 aliphatic carbocycles. The Bertz CT molecular complexity index is 800. The molecule has 2 heterocycles. The maximum absolute atomic E-state index is 12.2. The fourth-order valence-electron chi connectivity index (χ4n) is 3.33. The lowest BCUT2D eigenvalue weighted by molar-refractivity contribution is -0.118. The van der Waals surface area contributed by atoms with Crippen LogP contribution in [0.2, 0.25) is 0 Å². The number of aromatic nitrogens is 1. The van der Waals surface area contributed by atoms with E-state index in [2.05, 4.69) is 61.1 Å². The number of rotatable bonds is 6. The molecule has 2 aromatic rings. The number of aryl methyl sites for hydroxylation is 2. The molecule has 1 aromatic heterocycles. The Labute approximate surface area is 171 Å². The fraction of sp³-hybridized carbons (Fsp3) is 0.455. The molecule has 0 spiro atoms. The van der Waals surface area contributed by atoms with Gasteiger partial charge in [0.1, 0.15) is 5.82 Å². The van der Waals surface area contributed by atoms with E-state index in [0.29, 0.717) is 12.3 Å². The van der Waals surface area contributed by atoms with Gasteiger partial charge < -0.3 is 15.0 Å². The Balaban J connectivity index is 1.48. The highest BCUT2D eigenvalue weighted by molar-refractivity contribution is 8.00. The molecule has 1 amide bonds. The predicted octanol–water partition coefficient (Wildman–Crippen LogP) is 3.72. The number of amides is 1. The monoisotopic (exact) mass is 399 g/mol. The van der Waals surface area contributed by atoms with Crippen LogP contribution in [-0.2, 0) is 16.1 Å². The van der Waals surface area contributed by atoms with Crippen LogP contribution in [-0.4, -0.2) is 41.9 Å². The number of pyridine rings is 1. The average Bonchev–Trinajstić information content (AvgIpc) is 2.66. The summed E-state index contributed by atoms with van der Waals surface area (Å²) in [5.74, 6) is 1.41. The minimum atomic E-state index is 0.0332. The van der Waals surface area contributed by atoms with E-state index in [4.69, 9.17) is 4.74 Å². The van der Waals surface area contributed by atoms with Gasteiger partial charge in [0.2, 0.25) is 5.91 Å². The van der Waals surface area contributed by atoms with Gasteiger partial charge in [0.15, 0.2) is 0 Å². The molecule has 1 saturated heterocycles. The van der Waals surface area contributed by atoms with Crippen molar-refractivity contribution < 1.29 is 9.53 Å². The molecule has 1 fully saturated rings. The number of benzene rings is 1. The summed E-state index contributed by atoms with van der Waals surface area (Å²) in [7, 11) is 0. The lowest BCUT2D eigenvalue weighted by Crippen LogP contribution is -2.45. The van der Waals surface area contributed by atoms with Gasteiger partial charge in [-0.1, -0.05) is 23.8 Å². The quantitative estimate of drug-likeness (QED) is 0.751. The number of hydrogen-bond donors (Lipinski definition) is 1. The minimum Gasteiger partial charge on any atom is -0.372 e. The van der Waals surface area contributed by atoms with Gasteiger partial charge >= 0.3 is 0 Å². The van der Waals surface area contributed by atoms with Gasteiger partial charge in [0.05, 0.1) is 18.0 Å². The van der Waals surface area contributed by atoms with E-state index in [0.717, 1.165) is 29.4 Å². The summed E-state index contributed by atoms with van der Waals surface area (Å²) in [6, 6.07) is 10.4. The van der Waals surface area contributed by atoms with E-state index in [-0.39, 0.29) is 18.1 Å². The standard InChI is InChI=1S/C22H29N3O2S/c1-15-5-6-16(2)20(9-15)28-14-22(26)24-11-19-7-8-21(23-10-19)25-12-17(3)27-18(4)13-25/h5-10,17-18H,11-14H2,1-4H3,(H,24,26). The molecule has 0 saturated carbocycles. The van der Waals surface area contributed by atoms with Crippen molar-refractivity contribution in [3.8, 4) is 0 Å². The number of nitrogens with one attached hydrogen (secondary N) is 1. The van der Waals surface area contributed by atoms with E-state index >= 15 is 0 Å². The fourth-order valence-corrected chi connectivity index (χ4v) is 4.28. The number of carbonyl (C=O) groups excluding carboxylic acids is 1. The van der Waals surface area contributed by atoms with Crippen molar-refractivity contribution in [3.63, 3.8) is 0 Å². The number of morpholine rings is 1. The lowest BCUT2D eigenvalue weighted by Gasteiger charge is -2.36. The van der Waals surface area contributed by atoms with Crippen LogP contribution in [0.1, 0.15) is 30.5 Å². The van der Waals surface area contributed by atoms with Crippen LogP contribution in [0.4, 0.5) is 5.82 Å². The molecule has 2 atom stereocenters.